The summed E-state index contributed by atoms with van der Waals surface area (Å²) in [6, 6.07) is 0. The number of unbranched alkanes of at least 4 members (excludes halogenated alkanes) is 3. The average molecular weight is 471 g/mol. The van der Waals surface area contributed by atoms with Crippen LogP contribution in [0.3, 0.4) is 0 Å². The normalized spacial score (nSPS) is 7.84. The minimum atomic E-state index is -1.10. The zero-order valence-corrected chi connectivity index (χ0v) is 18.5. The van der Waals surface area contributed by atoms with Crippen molar-refractivity contribution in [3.63, 3.8) is 0 Å². The van der Waals surface area contributed by atoms with E-state index in [-0.39, 0.29) is 19.5 Å². The van der Waals surface area contributed by atoms with Gasteiger partial charge in [-0.3, -0.25) is 0 Å². The quantitative estimate of drug-likeness (QED) is 0.242. The van der Waals surface area contributed by atoms with Crippen molar-refractivity contribution in [1.29, 1.82) is 0 Å². The fraction of sp³-hybridized carbons (Fsp3) is 0.750. The van der Waals surface area contributed by atoms with Crippen LogP contribution >= 0.6 is 8.60 Å². The van der Waals surface area contributed by atoms with Gasteiger partial charge in [0.1, 0.15) is 27.2 Å². The SMILES string of the molecule is C=O.C=O.C=O.C=O.CCCCOP(OCCCC)OCCCC.[Ru]. The Kier molecular flexibility index (Phi) is 89.6. The molecule has 0 heterocycles. The number of hydrogen-bond acceptors (Lipinski definition) is 7. The summed E-state index contributed by atoms with van der Waals surface area (Å²) in [5, 5.41) is 0. The summed E-state index contributed by atoms with van der Waals surface area (Å²) in [6.45, 7) is 16.7. The maximum atomic E-state index is 8.00. The van der Waals surface area contributed by atoms with Crippen LogP contribution in [-0.4, -0.2) is 47.0 Å². The van der Waals surface area contributed by atoms with Gasteiger partial charge in [-0.25, -0.2) is 0 Å². The molecular formula is C16H35O7PRu. The molecule has 25 heavy (non-hydrogen) atoms. The van der Waals surface area contributed by atoms with Crippen LogP contribution in [0.5, 0.6) is 0 Å². The average Bonchev–Trinajstić information content (AvgIpc) is 2.68. The van der Waals surface area contributed by atoms with E-state index in [4.69, 9.17) is 32.7 Å². The molecule has 0 fully saturated rings. The molecule has 0 saturated heterocycles. The first-order valence-corrected chi connectivity index (χ1v) is 8.79. The Morgan fingerprint density at radius 1 is 0.560 bits per heavy atom. The van der Waals surface area contributed by atoms with Gasteiger partial charge in [-0.2, -0.15) is 0 Å². The Morgan fingerprint density at radius 2 is 0.760 bits per heavy atom. The molecule has 0 aliphatic heterocycles. The van der Waals surface area contributed by atoms with Crippen molar-refractivity contribution in [3.8, 4) is 0 Å². The molecule has 0 aliphatic carbocycles. The topological polar surface area (TPSA) is 96.0 Å². The first-order valence-electron chi connectivity index (χ1n) is 7.69. The predicted molar refractivity (Wildman–Crippen MR) is 98.0 cm³/mol. The Bertz CT molecular complexity index is 162. The van der Waals surface area contributed by atoms with Gasteiger partial charge in [-0.05, 0) is 19.3 Å². The molecule has 0 unspecified atom stereocenters. The van der Waals surface area contributed by atoms with Crippen molar-refractivity contribution < 1.29 is 52.2 Å². The van der Waals surface area contributed by atoms with Gasteiger partial charge in [0, 0.05) is 19.5 Å². The van der Waals surface area contributed by atoms with Gasteiger partial charge in [0.25, 0.3) is 0 Å². The van der Waals surface area contributed by atoms with Gasteiger partial charge in [0.2, 0.25) is 0 Å². The standard InChI is InChI=1S/C12H27O3P.4CH2O.Ru/c1-4-7-10-13-16(14-11-8-5-2)15-12-9-6-3;4*1-2;/h4-12H2,1-3H3;4*1H2;. The molecular weight excluding hydrogens is 436 g/mol. The summed E-state index contributed by atoms with van der Waals surface area (Å²) >= 11 is 0. The van der Waals surface area contributed by atoms with E-state index in [2.05, 4.69) is 20.8 Å². The van der Waals surface area contributed by atoms with Crippen LogP contribution < -0.4 is 0 Å². The van der Waals surface area contributed by atoms with Crippen LogP contribution in [0.4, 0.5) is 0 Å². The molecule has 0 rings (SSSR count). The number of carbonyl (C=O) groups is 4. The molecule has 154 valence electrons. The molecule has 7 nitrogen and oxygen atoms in total. The van der Waals surface area contributed by atoms with Crippen molar-refractivity contribution in [2.45, 2.75) is 59.3 Å². The molecule has 0 aromatic heterocycles. The van der Waals surface area contributed by atoms with Crippen molar-refractivity contribution in [2.24, 2.45) is 0 Å². The third-order valence-corrected chi connectivity index (χ3v) is 3.26. The van der Waals surface area contributed by atoms with E-state index in [0.29, 0.717) is 0 Å². The minimum Gasteiger partial charge on any atom is -0.312 e. The van der Waals surface area contributed by atoms with Crippen LogP contribution in [0.2, 0.25) is 0 Å². The largest absolute Gasteiger partial charge is 0.332 e. The maximum absolute atomic E-state index is 8.00. The molecule has 0 atom stereocenters. The van der Waals surface area contributed by atoms with Crippen molar-refractivity contribution in [2.75, 3.05) is 19.8 Å². The van der Waals surface area contributed by atoms with E-state index in [9.17, 15) is 0 Å². The Balaban J connectivity index is -0.0000000874. The second-order valence-electron chi connectivity index (χ2n) is 3.78. The molecule has 0 aromatic carbocycles. The van der Waals surface area contributed by atoms with Crippen LogP contribution in [0.25, 0.3) is 0 Å². The van der Waals surface area contributed by atoms with Gasteiger partial charge in [0.15, 0.2) is 0 Å². The summed E-state index contributed by atoms with van der Waals surface area (Å²) in [4.78, 5) is 32.0. The van der Waals surface area contributed by atoms with E-state index in [1.807, 2.05) is 27.2 Å². The molecule has 0 radical (unpaired) electrons. The fourth-order valence-electron chi connectivity index (χ4n) is 0.962. The van der Waals surface area contributed by atoms with Crippen LogP contribution in [-0.2, 0) is 52.2 Å². The number of rotatable bonds is 12. The van der Waals surface area contributed by atoms with Gasteiger partial charge in [0.05, 0.1) is 19.8 Å². The first kappa shape index (κ1) is 39.6. The third-order valence-electron chi connectivity index (χ3n) is 2.08. The Morgan fingerprint density at radius 3 is 0.920 bits per heavy atom. The van der Waals surface area contributed by atoms with Crippen molar-refractivity contribution in [1.82, 2.24) is 0 Å². The van der Waals surface area contributed by atoms with Crippen LogP contribution in [0, 0.1) is 0 Å². The Hall–Kier alpha value is -0.387. The predicted octanol–water partition coefficient (Wildman–Crippen LogP) is 3.92. The maximum Gasteiger partial charge on any atom is 0.332 e. The summed E-state index contributed by atoms with van der Waals surface area (Å²) < 4.78 is 16.8. The second kappa shape index (κ2) is 56.5. The van der Waals surface area contributed by atoms with Crippen molar-refractivity contribution in [3.05, 3.63) is 0 Å². The Labute approximate surface area is 167 Å². The second-order valence-corrected chi connectivity index (χ2v) is 5.01. The van der Waals surface area contributed by atoms with E-state index < -0.39 is 8.60 Å². The van der Waals surface area contributed by atoms with Gasteiger partial charge in [-0.15, -0.1) is 0 Å². The molecule has 0 spiro atoms. The summed E-state index contributed by atoms with van der Waals surface area (Å²) in [5.41, 5.74) is 0. The number of carbonyl (C=O) groups excluding carboxylic acids is 4. The molecule has 0 N–H and O–H groups in total. The first-order chi connectivity index (χ1) is 11.8. The van der Waals surface area contributed by atoms with Crippen molar-refractivity contribution >= 4 is 35.8 Å². The summed E-state index contributed by atoms with van der Waals surface area (Å²) in [7, 11) is -1.10. The molecule has 9 heteroatoms. The van der Waals surface area contributed by atoms with Gasteiger partial charge < -0.3 is 32.7 Å². The van der Waals surface area contributed by atoms with E-state index in [1.165, 1.54) is 0 Å². The third kappa shape index (κ3) is 51.7. The monoisotopic (exact) mass is 472 g/mol. The summed E-state index contributed by atoms with van der Waals surface area (Å²) in [5.74, 6) is 0. The van der Waals surface area contributed by atoms with Crippen LogP contribution in [0.15, 0.2) is 0 Å². The molecule has 0 aliphatic rings. The molecule has 0 bridgehead atoms. The number of hydrogen-bond donors (Lipinski definition) is 0. The fourth-order valence-corrected chi connectivity index (χ4v) is 2.02. The zero-order chi connectivity index (χ0) is 20.1. The molecule has 0 aromatic rings. The minimum absolute atomic E-state index is 0. The smallest absolute Gasteiger partial charge is 0.312 e. The van der Waals surface area contributed by atoms with Gasteiger partial charge in [-0.1, -0.05) is 40.0 Å². The molecule has 0 saturated carbocycles. The zero-order valence-electron chi connectivity index (χ0n) is 15.9. The molecule has 0 amide bonds. The van der Waals surface area contributed by atoms with E-state index >= 15 is 0 Å². The van der Waals surface area contributed by atoms with E-state index in [1.54, 1.807) is 0 Å². The van der Waals surface area contributed by atoms with Crippen LogP contribution in [0.1, 0.15) is 59.3 Å². The van der Waals surface area contributed by atoms with Gasteiger partial charge >= 0.3 is 8.60 Å². The summed E-state index contributed by atoms with van der Waals surface area (Å²) in [6.07, 6.45) is 6.67. The van der Waals surface area contributed by atoms with E-state index in [0.717, 1.165) is 58.3 Å².